The maximum Gasteiger partial charge on any atom is 0.275 e. The number of hydrogen-bond donors (Lipinski definition) is 2. The number of carbonyl (C=O) groups is 1. The Morgan fingerprint density at radius 3 is 2.94 bits per heavy atom. The van der Waals surface area contributed by atoms with Gasteiger partial charge in [0.15, 0.2) is 5.13 Å². The van der Waals surface area contributed by atoms with Gasteiger partial charge in [-0.1, -0.05) is 6.07 Å². The minimum Gasteiger partial charge on any atom is -0.375 e. The number of hydrogen-bond acceptors (Lipinski definition) is 4. The number of anilines is 2. The maximum atomic E-state index is 11.7. The second-order valence-electron chi connectivity index (χ2n) is 3.04. The molecule has 1 aromatic heterocycles. The zero-order valence-corrected chi connectivity index (χ0v) is 11.1. The lowest BCUT2D eigenvalue weighted by molar-refractivity contribution is 0.102. The predicted molar refractivity (Wildman–Crippen MR) is 73.6 cm³/mol. The number of benzene rings is 1. The molecule has 4 nitrogen and oxygen atoms in total. The number of rotatable bonds is 2. The molecule has 0 saturated heterocycles. The quantitative estimate of drug-likeness (QED) is 0.822. The van der Waals surface area contributed by atoms with E-state index >= 15 is 0 Å². The fraction of sp³-hybridized carbons (Fsp3) is 0. The number of halogens is 1. The van der Waals surface area contributed by atoms with Gasteiger partial charge in [-0.15, -0.1) is 11.3 Å². The average molecular weight is 345 g/mol. The third-order valence-electron chi connectivity index (χ3n) is 1.84. The van der Waals surface area contributed by atoms with Crippen LogP contribution in [0.1, 0.15) is 10.5 Å². The first-order valence-electron chi connectivity index (χ1n) is 4.43. The number of nitrogens with zero attached hydrogens (tertiary/aromatic N) is 1. The molecule has 0 atom stereocenters. The minimum atomic E-state index is -0.241. The first-order chi connectivity index (χ1) is 7.65. The Morgan fingerprint density at radius 2 is 2.31 bits per heavy atom. The molecule has 0 aliphatic heterocycles. The molecule has 0 bridgehead atoms. The minimum absolute atomic E-state index is 0.241. The van der Waals surface area contributed by atoms with E-state index in [0.717, 1.165) is 9.26 Å². The highest BCUT2D eigenvalue weighted by molar-refractivity contribution is 14.1. The zero-order valence-electron chi connectivity index (χ0n) is 8.11. The molecule has 0 fully saturated rings. The van der Waals surface area contributed by atoms with Crippen molar-refractivity contribution >= 4 is 50.7 Å². The van der Waals surface area contributed by atoms with Gasteiger partial charge in [-0.2, -0.15) is 0 Å². The molecule has 16 heavy (non-hydrogen) atoms. The third-order valence-corrected chi connectivity index (χ3v) is 3.18. The van der Waals surface area contributed by atoms with Crippen LogP contribution in [0.25, 0.3) is 0 Å². The SMILES string of the molecule is Nc1nc(C(=O)Nc2cccc(I)c2)cs1. The first kappa shape index (κ1) is 11.3. The summed E-state index contributed by atoms with van der Waals surface area (Å²) in [7, 11) is 0. The molecule has 0 radical (unpaired) electrons. The smallest absolute Gasteiger partial charge is 0.275 e. The fourth-order valence-electron chi connectivity index (χ4n) is 1.15. The highest BCUT2D eigenvalue weighted by atomic mass is 127. The Morgan fingerprint density at radius 1 is 1.50 bits per heavy atom. The van der Waals surface area contributed by atoms with Crippen molar-refractivity contribution in [1.82, 2.24) is 4.98 Å². The molecule has 0 aliphatic rings. The normalized spacial score (nSPS) is 10.1. The van der Waals surface area contributed by atoms with Crippen LogP contribution in [-0.2, 0) is 0 Å². The zero-order chi connectivity index (χ0) is 11.5. The van der Waals surface area contributed by atoms with Crippen molar-refractivity contribution in [2.24, 2.45) is 0 Å². The molecule has 0 saturated carbocycles. The van der Waals surface area contributed by atoms with Crippen molar-refractivity contribution in [3.63, 3.8) is 0 Å². The highest BCUT2D eigenvalue weighted by Gasteiger charge is 2.09. The van der Waals surface area contributed by atoms with E-state index in [1.54, 1.807) is 5.38 Å². The fourth-order valence-corrected chi connectivity index (χ4v) is 2.24. The molecule has 2 rings (SSSR count). The van der Waals surface area contributed by atoms with Gasteiger partial charge in [-0.05, 0) is 40.8 Å². The number of nitrogens with two attached hydrogens (primary N) is 1. The van der Waals surface area contributed by atoms with Gasteiger partial charge in [-0.25, -0.2) is 4.98 Å². The first-order valence-corrected chi connectivity index (χ1v) is 6.39. The van der Waals surface area contributed by atoms with E-state index in [9.17, 15) is 4.79 Å². The van der Waals surface area contributed by atoms with Crippen LogP contribution in [0.4, 0.5) is 10.8 Å². The Hall–Kier alpha value is -1.15. The average Bonchev–Trinajstić information content (AvgIpc) is 2.65. The van der Waals surface area contributed by atoms with Gasteiger partial charge in [0.1, 0.15) is 5.69 Å². The molecule has 1 amide bonds. The van der Waals surface area contributed by atoms with E-state index in [2.05, 4.69) is 32.9 Å². The number of nitrogens with one attached hydrogen (secondary N) is 1. The van der Waals surface area contributed by atoms with Gasteiger partial charge in [0.05, 0.1) is 0 Å². The Kier molecular flexibility index (Phi) is 3.39. The molecule has 2 aromatic rings. The summed E-state index contributed by atoms with van der Waals surface area (Å²) >= 11 is 3.44. The largest absolute Gasteiger partial charge is 0.375 e. The molecule has 0 aliphatic carbocycles. The van der Waals surface area contributed by atoms with E-state index in [1.165, 1.54) is 11.3 Å². The van der Waals surface area contributed by atoms with Crippen LogP contribution in [0, 0.1) is 3.57 Å². The standard InChI is InChI=1S/C10H8IN3OS/c11-6-2-1-3-7(4-6)13-9(15)8-5-16-10(12)14-8/h1-5H,(H2,12,14)(H,13,15). The molecule has 1 aromatic carbocycles. The van der Waals surface area contributed by atoms with Crippen molar-refractivity contribution in [3.05, 3.63) is 38.9 Å². The lowest BCUT2D eigenvalue weighted by Gasteiger charge is -2.02. The summed E-state index contributed by atoms with van der Waals surface area (Å²) in [4.78, 5) is 15.6. The van der Waals surface area contributed by atoms with E-state index in [0.29, 0.717) is 10.8 Å². The summed E-state index contributed by atoms with van der Waals surface area (Å²) < 4.78 is 1.06. The van der Waals surface area contributed by atoms with E-state index in [4.69, 9.17) is 5.73 Å². The third kappa shape index (κ3) is 2.70. The molecule has 0 spiro atoms. The summed E-state index contributed by atoms with van der Waals surface area (Å²) in [6.07, 6.45) is 0. The second kappa shape index (κ2) is 4.79. The summed E-state index contributed by atoms with van der Waals surface area (Å²) in [6.45, 7) is 0. The van der Waals surface area contributed by atoms with Crippen LogP contribution >= 0.6 is 33.9 Å². The van der Waals surface area contributed by atoms with Gasteiger partial charge < -0.3 is 11.1 Å². The highest BCUT2D eigenvalue weighted by Crippen LogP contribution is 2.15. The Balaban J connectivity index is 2.13. The van der Waals surface area contributed by atoms with Crippen molar-refractivity contribution < 1.29 is 4.79 Å². The molecule has 0 unspecified atom stereocenters. The number of carbonyl (C=O) groups excluding carboxylic acids is 1. The van der Waals surface area contributed by atoms with Gasteiger partial charge in [0, 0.05) is 14.6 Å². The summed E-state index contributed by atoms with van der Waals surface area (Å²) in [6, 6.07) is 7.55. The Labute approximate surface area is 110 Å². The van der Waals surface area contributed by atoms with Crippen LogP contribution in [-0.4, -0.2) is 10.9 Å². The van der Waals surface area contributed by atoms with Crippen molar-refractivity contribution in [1.29, 1.82) is 0 Å². The van der Waals surface area contributed by atoms with E-state index in [1.807, 2.05) is 24.3 Å². The number of amides is 1. The Bertz CT molecular complexity index is 526. The number of thiazole rings is 1. The predicted octanol–water partition coefficient (Wildman–Crippen LogP) is 2.58. The van der Waals surface area contributed by atoms with Crippen molar-refractivity contribution in [2.75, 3.05) is 11.1 Å². The second-order valence-corrected chi connectivity index (χ2v) is 5.17. The lowest BCUT2D eigenvalue weighted by Crippen LogP contribution is -2.12. The van der Waals surface area contributed by atoms with E-state index in [-0.39, 0.29) is 5.91 Å². The van der Waals surface area contributed by atoms with Crippen molar-refractivity contribution in [3.8, 4) is 0 Å². The van der Waals surface area contributed by atoms with Crippen LogP contribution in [0.2, 0.25) is 0 Å². The molecule has 6 heteroatoms. The summed E-state index contributed by atoms with van der Waals surface area (Å²) in [5.74, 6) is -0.241. The lowest BCUT2D eigenvalue weighted by atomic mass is 10.3. The summed E-state index contributed by atoms with van der Waals surface area (Å²) in [5, 5.41) is 4.79. The van der Waals surface area contributed by atoms with Crippen LogP contribution in [0.15, 0.2) is 29.6 Å². The van der Waals surface area contributed by atoms with Crippen molar-refractivity contribution in [2.45, 2.75) is 0 Å². The summed E-state index contributed by atoms with van der Waals surface area (Å²) in [5.41, 5.74) is 6.56. The van der Waals surface area contributed by atoms with Gasteiger partial charge >= 0.3 is 0 Å². The molecule has 82 valence electrons. The van der Waals surface area contributed by atoms with E-state index < -0.39 is 0 Å². The van der Waals surface area contributed by atoms with Crippen LogP contribution in [0.3, 0.4) is 0 Å². The van der Waals surface area contributed by atoms with Crippen LogP contribution in [0.5, 0.6) is 0 Å². The molecular weight excluding hydrogens is 337 g/mol. The topological polar surface area (TPSA) is 68.0 Å². The molecular formula is C10H8IN3OS. The number of nitrogen functional groups attached to an aromatic ring is 1. The van der Waals surface area contributed by atoms with Crippen LogP contribution < -0.4 is 11.1 Å². The molecule has 1 heterocycles. The van der Waals surface area contributed by atoms with Gasteiger partial charge in [0.25, 0.3) is 5.91 Å². The molecule has 3 N–H and O–H groups in total. The maximum absolute atomic E-state index is 11.7. The van der Waals surface area contributed by atoms with Gasteiger partial charge in [0.2, 0.25) is 0 Å². The van der Waals surface area contributed by atoms with Gasteiger partial charge in [-0.3, -0.25) is 4.79 Å². The monoisotopic (exact) mass is 345 g/mol. The number of aromatic nitrogens is 1.